The first-order valence-corrected chi connectivity index (χ1v) is 7.47. The van der Waals surface area contributed by atoms with Gasteiger partial charge >= 0.3 is 0 Å². The summed E-state index contributed by atoms with van der Waals surface area (Å²) in [4.78, 5) is 11.4. The van der Waals surface area contributed by atoms with Crippen molar-refractivity contribution in [2.75, 3.05) is 37.4 Å². The molecule has 2 aromatic rings. The van der Waals surface area contributed by atoms with Crippen LogP contribution >= 0.6 is 11.3 Å². The molecule has 0 amide bonds. The minimum absolute atomic E-state index is 0.265. The Kier molecular flexibility index (Phi) is 3.49. The van der Waals surface area contributed by atoms with Gasteiger partial charge in [-0.25, -0.2) is 4.98 Å². The maximum atomic E-state index is 10.6. The fourth-order valence-corrected chi connectivity index (χ4v) is 3.34. The monoisotopic (exact) mass is 294 g/mol. The third-order valence-corrected chi connectivity index (χ3v) is 4.45. The van der Waals surface area contributed by atoms with Gasteiger partial charge in [-0.15, -0.1) is 11.3 Å². The van der Waals surface area contributed by atoms with E-state index in [9.17, 15) is 5.11 Å². The molecular formula is C13H18N4O2S. The van der Waals surface area contributed by atoms with Gasteiger partial charge in [0, 0.05) is 39.6 Å². The minimum atomic E-state index is -0.727. The van der Waals surface area contributed by atoms with Gasteiger partial charge in [-0.2, -0.15) is 4.98 Å². The highest BCUT2D eigenvalue weighted by atomic mass is 32.1. The van der Waals surface area contributed by atoms with E-state index in [0.717, 1.165) is 16.0 Å². The molecule has 0 aromatic carbocycles. The molecule has 0 bridgehead atoms. The number of aromatic nitrogens is 2. The molecule has 6 nitrogen and oxygen atoms in total. The van der Waals surface area contributed by atoms with Crippen molar-refractivity contribution in [3.8, 4) is 0 Å². The Bertz CT molecular complexity index is 609. The van der Waals surface area contributed by atoms with E-state index < -0.39 is 5.60 Å². The number of ether oxygens (including phenoxy) is 1. The molecule has 1 aliphatic rings. The van der Waals surface area contributed by atoms with Crippen LogP contribution in [0.4, 0.5) is 11.8 Å². The van der Waals surface area contributed by atoms with E-state index in [1.165, 1.54) is 11.3 Å². The zero-order valence-corrected chi connectivity index (χ0v) is 12.2. The Balaban J connectivity index is 1.88. The van der Waals surface area contributed by atoms with E-state index in [0.29, 0.717) is 32.6 Å². The summed E-state index contributed by atoms with van der Waals surface area (Å²) in [6.45, 7) is 1.71. The largest absolute Gasteiger partial charge is 0.388 e. The lowest BCUT2D eigenvalue weighted by Crippen LogP contribution is -2.46. The van der Waals surface area contributed by atoms with Gasteiger partial charge in [0.15, 0.2) is 0 Å². The van der Waals surface area contributed by atoms with Crippen molar-refractivity contribution in [2.45, 2.75) is 18.4 Å². The van der Waals surface area contributed by atoms with Gasteiger partial charge in [-0.1, -0.05) is 0 Å². The molecule has 2 aromatic heterocycles. The fraction of sp³-hybridized carbons (Fsp3) is 0.538. The second-order valence-electron chi connectivity index (χ2n) is 5.24. The van der Waals surface area contributed by atoms with Crippen LogP contribution in [0.2, 0.25) is 0 Å². The molecule has 0 radical (unpaired) electrons. The summed E-state index contributed by atoms with van der Waals surface area (Å²) >= 11 is 1.54. The summed E-state index contributed by atoms with van der Waals surface area (Å²) in [7, 11) is 1.92. The highest BCUT2D eigenvalue weighted by molar-refractivity contribution is 7.16. The molecule has 3 rings (SSSR count). The van der Waals surface area contributed by atoms with E-state index in [-0.39, 0.29) is 5.95 Å². The molecule has 108 valence electrons. The third-order valence-electron chi connectivity index (χ3n) is 3.64. The number of thiophene rings is 1. The number of anilines is 2. The van der Waals surface area contributed by atoms with Gasteiger partial charge in [-0.05, 0) is 11.4 Å². The molecule has 0 atom stereocenters. The van der Waals surface area contributed by atoms with E-state index in [1.807, 2.05) is 23.4 Å². The predicted octanol–water partition coefficient (Wildman–Crippen LogP) is 1.25. The number of fused-ring (bicyclic) bond motifs is 1. The number of nitrogens with two attached hydrogens (primary N) is 1. The number of hydrogen-bond acceptors (Lipinski definition) is 7. The number of likely N-dealkylation sites (N-methyl/N-ethyl adjacent to an activating group) is 1. The lowest BCUT2D eigenvalue weighted by atomic mass is 9.94. The van der Waals surface area contributed by atoms with Gasteiger partial charge in [0.2, 0.25) is 5.95 Å². The molecule has 20 heavy (non-hydrogen) atoms. The van der Waals surface area contributed by atoms with Crippen LogP contribution in [0.5, 0.6) is 0 Å². The Morgan fingerprint density at radius 1 is 1.45 bits per heavy atom. The van der Waals surface area contributed by atoms with Gasteiger partial charge in [0.25, 0.3) is 0 Å². The van der Waals surface area contributed by atoms with Crippen molar-refractivity contribution in [1.82, 2.24) is 9.97 Å². The van der Waals surface area contributed by atoms with Crippen LogP contribution in [0.25, 0.3) is 10.2 Å². The third kappa shape index (κ3) is 2.56. The fourth-order valence-electron chi connectivity index (χ4n) is 2.57. The second kappa shape index (κ2) is 5.16. The highest BCUT2D eigenvalue weighted by Gasteiger charge is 2.32. The van der Waals surface area contributed by atoms with Gasteiger partial charge in [0.1, 0.15) is 10.6 Å². The quantitative estimate of drug-likeness (QED) is 0.886. The average Bonchev–Trinajstić information content (AvgIpc) is 2.85. The molecule has 0 spiro atoms. The summed E-state index contributed by atoms with van der Waals surface area (Å²) in [5, 5.41) is 13.5. The van der Waals surface area contributed by atoms with Crippen molar-refractivity contribution < 1.29 is 9.84 Å². The zero-order valence-electron chi connectivity index (χ0n) is 11.4. The van der Waals surface area contributed by atoms with Crippen molar-refractivity contribution in [2.24, 2.45) is 0 Å². The summed E-state index contributed by atoms with van der Waals surface area (Å²) in [6, 6.07) is 1.99. The molecule has 1 saturated heterocycles. The highest BCUT2D eigenvalue weighted by Crippen LogP contribution is 2.30. The Morgan fingerprint density at radius 3 is 2.95 bits per heavy atom. The summed E-state index contributed by atoms with van der Waals surface area (Å²) in [5.41, 5.74) is 5.04. The van der Waals surface area contributed by atoms with Crippen LogP contribution in [0.3, 0.4) is 0 Å². The van der Waals surface area contributed by atoms with Crippen LogP contribution in [-0.2, 0) is 4.74 Å². The number of aliphatic hydroxyl groups is 1. The Morgan fingerprint density at radius 2 is 2.20 bits per heavy atom. The van der Waals surface area contributed by atoms with Crippen molar-refractivity contribution in [3.63, 3.8) is 0 Å². The van der Waals surface area contributed by atoms with Crippen molar-refractivity contribution >= 4 is 33.3 Å². The minimum Gasteiger partial charge on any atom is -0.388 e. The van der Waals surface area contributed by atoms with Crippen molar-refractivity contribution in [3.05, 3.63) is 11.4 Å². The number of hydrogen-bond donors (Lipinski definition) is 2. The molecule has 0 saturated carbocycles. The molecular weight excluding hydrogens is 276 g/mol. The van der Waals surface area contributed by atoms with Gasteiger partial charge < -0.3 is 20.5 Å². The van der Waals surface area contributed by atoms with E-state index >= 15 is 0 Å². The number of nitrogens with zero attached hydrogens (tertiary/aromatic N) is 3. The summed E-state index contributed by atoms with van der Waals surface area (Å²) in [6.07, 6.45) is 1.29. The first-order chi connectivity index (χ1) is 9.57. The molecule has 3 N–H and O–H groups in total. The normalized spacial score (nSPS) is 18.3. The first-order valence-electron chi connectivity index (χ1n) is 6.59. The van der Waals surface area contributed by atoms with E-state index in [2.05, 4.69) is 9.97 Å². The van der Waals surface area contributed by atoms with Crippen molar-refractivity contribution in [1.29, 1.82) is 0 Å². The standard InChI is InChI=1S/C13H18N4O2S/c1-17(8-13(18)3-5-19-6-4-13)10-9-2-7-20-11(9)16-12(14)15-10/h2,7,18H,3-6,8H2,1H3,(H2,14,15,16). The predicted molar refractivity (Wildman–Crippen MR) is 80.1 cm³/mol. The lowest BCUT2D eigenvalue weighted by molar-refractivity contribution is -0.0573. The molecule has 0 aliphatic carbocycles. The number of nitrogen functional groups attached to an aromatic ring is 1. The molecule has 1 aliphatic heterocycles. The summed E-state index contributed by atoms with van der Waals surface area (Å²) in [5.74, 6) is 1.04. The molecule has 1 fully saturated rings. The lowest BCUT2D eigenvalue weighted by Gasteiger charge is -2.35. The van der Waals surface area contributed by atoms with Crippen LogP contribution in [0.1, 0.15) is 12.8 Å². The second-order valence-corrected chi connectivity index (χ2v) is 6.13. The maximum Gasteiger partial charge on any atom is 0.223 e. The topological polar surface area (TPSA) is 84.5 Å². The van der Waals surface area contributed by atoms with Crippen LogP contribution in [-0.4, -0.2) is 47.5 Å². The van der Waals surface area contributed by atoms with Crippen LogP contribution in [0, 0.1) is 0 Å². The maximum absolute atomic E-state index is 10.6. The zero-order chi connectivity index (χ0) is 14.2. The number of rotatable bonds is 3. The van der Waals surface area contributed by atoms with E-state index in [4.69, 9.17) is 10.5 Å². The smallest absolute Gasteiger partial charge is 0.223 e. The van der Waals surface area contributed by atoms with Gasteiger partial charge in [0.05, 0.1) is 11.0 Å². The molecule has 3 heterocycles. The molecule has 7 heteroatoms. The Hall–Kier alpha value is -1.44. The Labute approximate surface area is 121 Å². The first kappa shape index (κ1) is 13.5. The van der Waals surface area contributed by atoms with Crippen LogP contribution in [0.15, 0.2) is 11.4 Å². The molecule has 0 unspecified atom stereocenters. The van der Waals surface area contributed by atoms with E-state index in [1.54, 1.807) is 0 Å². The SMILES string of the molecule is CN(CC1(O)CCOCC1)c1nc(N)nc2sccc12. The van der Waals surface area contributed by atoms with Crippen LogP contribution < -0.4 is 10.6 Å². The van der Waals surface area contributed by atoms with Gasteiger partial charge in [-0.3, -0.25) is 0 Å². The average molecular weight is 294 g/mol. The summed E-state index contributed by atoms with van der Waals surface area (Å²) < 4.78 is 5.31.